The number of hydrazone groups is 1. The highest BCUT2D eigenvalue weighted by Crippen LogP contribution is 2.28. The van der Waals surface area contributed by atoms with E-state index in [1.54, 1.807) is 0 Å². The molecule has 1 saturated heterocycles. The van der Waals surface area contributed by atoms with Crippen LogP contribution in [0.5, 0.6) is 0 Å². The quantitative estimate of drug-likeness (QED) is 0.365. The summed E-state index contributed by atoms with van der Waals surface area (Å²) < 4.78 is 4.88. The Kier molecular flexibility index (Phi) is 4.55. The Morgan fingerprint density at radius 1 is 1.32 bits per heavy atom. The molecule has 0 radical (unpaired) electrons. The lowest BCUT2D eigenvalue weighted by Crippen LogP contribution is -2.34. The van der Waals surface area contributed by atoms with Gasteiger partial charge in [0, 0.05) is 12.5 Å². The molecule has 9 heteroatoms. The number of carbonyl (C=O) groups excluding carboxylic acids is 2. The van der Waals surface area contributed by atoms with Gasteiger partial charge in [-0.2, -0.15) is 5.10 Å². The van der Waals surface area contributed by atoms with E-state index < -0.39 is 22.6 Å². The number of nitro groups is 1. The molecule has 0 unspecified atom stereocenters. The van der Waals surface area contributed by atoms with Gasteiger partial charge in [0.2, 0.25) is 5.91 Å². The summed E-state index contributed by atoms with van der Waals surface area (Å²) in [5.41, 5.74) is 3.16. The molecular formula is C16H14N4O5. The molecule has 128 valence electrons. The lowest BCUT2D eigenvalue weighted by Gasteiger charge is -2.15. The lowest BCUT2D eigenvalue weighted by molar-refractivity contribution is -0.402. The largest absolute Gasteiger partial charge is 0.433 e. The fourth-order valence-electron chi connectivity index (χ4n) is 2.67. The zero-order valence-corrected chi connectivity index (χ0v) is 12.9. The second kappa shape index (κ2) is 6.95. The molecule has 0 spiro atoms. The Bertz CT molecular complexity index is 830. The zero-order chi connectivity index (χ0) is 17.8. The van der Waals surface area contributed by atoms with Gasteiger partial charge in [-0.05, 0) is 11.6 Å². The summed E-state index contributed by atoms with van der Waals surface area (Å²) in [7, 11) is 0. The summed E-state index contributed by atoms with van der Waals surface area (Å²) in [4.78, 5) is 34.2. The van der Waals surface area contributed by atoms with Gasteiger partial charge in [-0.3, -0.25) is 19.7 Å². The van der Waals surface area contributed by atoms with E-state index in [0.29, 0.717) is 6.54 Å². The second-order valence-corrected chi connectivity index (χ2v) is 5.41. The van der Waals surface area contributed by atoms with E-state index in [2.05, 4.69) is 15.8 Å². The molecule has 1 aromatic carbocycles. The van der Waals surface area contributed by atoms with Gasteiger partial charge in [-0.1, -0.05) is 30.3 Å². The molecular weight excluding hydrogens is 328 g/mol. The van der Waals surface area contributed by atoms with Gasteiger partial charge >= 0.3 is 5.88 Å². The number of benzene rings is 1. The normalized spacial score (nSPS) is 19.8. The van der Waals surface area contributed by atoms with Crippen LogP contribution < -0.4 is 10.7 Å². The Hall–Kier alpha value is -3.49. The standard InChI is InChI=1S/C16H14N4O5/c21-15-14(12(9-17-15)10-4-2-1-3-5-10)16(22)19-18-8-11-6-7-13(25-11)20(23)24/h1-8,12,14H,9H2,(H,17,21)(H,19,22)/b18-8-/t12-,14+/m0/s1. The SMILES string of the molecule is O=C1NC[C@@H](c2ccccc2)[C@H]1C(=O)N/N=C\c1ccc([N+](=O)[O-])o1. The minimum atomic E-state index is -0.898. The molecule has 25 heavy (non-hydrogen) atoms. The smallest absolute Gasteiger partial charge is 0.400 e. The van der Waals surface area contributed by atoms with Crippen LogP contribution in [0.15, 0.2) is 52.0 Å². The molecule has 0 bridgehead atoms. The summed E-state index contributed by atoms with van der Waals surface area (Å²) in [5, 5.41) is 16.9. The van der Waals surface area contributed by atoms with E-state index in [4.69, 9.17) is 4.42 Å². The third-order valence-corrected chi connectivity index (χ3v) is 3.85. The molecule has 1 fully saturated rings. The van der Waals surface area contributed by atoms with Gasteiger partial charge in [0.1, 0.15) is 10.8 Å². The first-order chi connectivity index (χ1) is 12.1. The van der Waals surface area contributed by atoms with E-state index in [9.17, 15) is 19.7 Å². The zero-order valence-electron chi connectivity index (χ0n) is 12.9. The first kappa shape index (κ1) is 16.4. The highest BCUT2D eigenvalue weighted by atomic mass is 16.6. The summed E-state index contributed by atoms with van der Waals surface area (Å²) in [6.45, 7) is 0.370. The number of nitrogens with one attached hydrogen (secondary N) is 2. The van der Waals surface area contributed by atoms with E-state index in [-0.39, 0.29) is 17.6 Å². The minimum absolute atomic E-state index is 0.113. The van der Waals surface area contributed by atoms with Crippen molar-refractivity contribution in [1.82, 2.24) is 10.7 Å². The van der Waals surface area contributed by atoms with Crippen molar-refractivity contribution in [2.24, 2.45) is 11.0 Å². The molecule has 9 nitrogen and oxygen atoms in total. The van der Waals surface area contributed by atoms with Crippen molar-refractivity contribution in [2.45, 2.75) is 5.92 Å². The van der Waals surface area contributed by atoms with Gasteiger partial charge in [-0.25, -0.2) is 5.43 Å². The van der Waals surface area contributed by atoms with Crippen LogP contribution in [-0.4, -0.2) is 29.5 Å². The van der Waals surface area contributed by atoms with Crippen LogP contribution in [-0.2, 0) is 9.59 Å². The number of amides is 2. The van der Waals surface area contributed by atoms with Crippen molar-refractivity contribution in [3.05, 3.63) is 63.9 Å². The molecule has 2 atom stereocenters. The number of furan rings is 1. The van der Waals surface area contributed by atoms with E-state index in [1.807, 2.05) is 30.3 Å². The number of rotatable bonds is 5. The van der Waals surface area contributed by atoms with Crippen molar-refractivity contribution in [2.75, 3.05) is 6.54 Å². The molecule has 1 aromatic heterocycles. The number of carbonyl (C=O) groups is 2. The van der Waals surface area contributed by atoms with Crippen LogP contribution in [0.2, 0.25) is 0 Å². The fraction of sp³-hybridized carbons (Fsp3) is 0.188. The molecule has 1 aliphatic heterocycles. The maximum absolute atomic E-state index is 12.3. The number of hydrogen-bond acceptors (Lipinski definition) is 6. The highest BCUT2D eigenvalue weighted by Gasteiger charge is 2.40. The van der Waals surface area contributed by atoms with Crippen molar-refractivity contribution in [1.29, 1.82) is 0 Å². The molecule has 2 N–H and O–H groups in total. The molecule has 2 heterocycles. The van der Waals surface area contributed by atoms with Crippen molar-refractivity contribution < 1.29 is 18.9 Å². The third kappa shape index (κ3) is 3.55. The Balaban J connectivity index is 1.67. The fourth-order valence-corrected chi connectivity index (χ4v) is 2.67. The van der Waals surface area contributed by atoms with Gasteiger partial charge in [0.05, 0.1) is 12.3 Å². The topological polar surface area (TPSA) is 127 Å². The molecule has 2 aromatic rings. The molecule has 3 rings (SSSR count). The summed E-state index contributed by atoms with van der Waals surface area (Å²) in [6, 6.07) is 11.8. The lowest BCUT2D eigenvalue weighted by atomic mass is 9.88. The van der Waals surface area contributed by atoms with E-state index in [0.717, 1.165) is 11.8 Å². The van der Waals surface area contributed by atoms with Crippen molar-refractivity contribution in [3.8, 4) is 0 Å². The van der Waals surface area contributed by atoms with Gasteiger partial charge < -0.3 is 9.73 Å². The molecule has 0 aliphatic carbocycles. The Morgan fingerprint density at radius 3 is 2.76 bits per heavy atom. The van der Waals surface area contributed by atoms with Crippen LogP contribution in [0.1, 0.15) is 17.2 Å². The summed E-state index contributed by atoms with van der Waals surface area (Å²) >= 11 is 0. The van der Waals surface area contributed by atoms with Crippen LogP contribution in [0.4, 0.5) is 5.88 Å². The van der Waals surface area contributed by atoms with Crippen LogP contribution >= 0.6 is 0 Å². The van der Waals surface area contributed by atoms with Gasteiger partial charge in [0.25, 0.3) is 5.91 Å². The predicted octanol–water partition coefficient (Wildman–Crippen LogP) is 1.17. The van der Waals surface area contributed by atoms with Crippen LogP contribution in [0, 0.1) is 16.0 Å². The van der Waals surface area contributed by atoms with Crippen LogP contribution in [0.3, 0.4) is 0 Å². The monoisotopic (exact) mass is 342 g/mol. The summed E-state index contributed by atoms with van der Waals surface area (Å²) in [6.07, 6.45) is 1.13. The maximum atomic E-state index is 12.3. The van der Waals surface area contributed by atoms with Crippen molar-refractivity contribution in [3.63, 3.8) is 0 Å². The van der Waals surface area contributed by atoms with E-state index in [1.165, 1.54) is 12.1 Å². The number of nitrogens with zero attached hydrogens (tertiary/aromatic N) is 2. The average Bonchev–Trinajstić information content (AvgIpc) is 3.22. The van der Waals surface area contributed by atoms with Crippen LogP contribution in [0.25, 0.3) is 0 Å². The second-order valence-electron chi connectivity index (χ2n) is 5.41. The molecule has 0 saturated carbocycles. The first-order valence-electron chi connectivity index (χ1n) is 7.46. The maximum Gasteiger partial charge on any atom is 0.433 e. The predicted molar refractivity (Wildman–Crippen MR) is 86.8 cm³/mol. The Morgan fingerprint density at radius 2 is 2.08 bits per heavy atom. The van der Waals surface area contributed by atoms with E-state index >= 15 is 0 Å². The minimum Gasteiger partial charge on any atom is -0.400 e. The summed E-state index contributed by atoms with van der Waals surface area (Å²) in [5.74, 6) is -2.41. The molecule has 1 aliphatic rings. The average molecular weight is 342 g/mol. The first-order valence-corrected chi connectivity index (χ1v) is 7.46. The third-order valence-electron chi connectivity index (χ3n) is 3.85. The molecule has 2 amide bonds. The highest BCUT2D eigenvalue weighted by molar-refractivity contribution is 6.03. The van der Waals surface area contributed by atoms with Gasteiger partial charge in [0.15, 0.2) is 5.76 Å². The van der Waals surface area contributed by atoms with Crippen molar-refractivity contribution >= 4 is 23.9 Å². The van der Waals surface area contributed by atoms with Gasteiger partial charge in [-0.15, -0.1) is 0 Å². The Labute approximate surface area is 141 Å². The number of hydrogen-bond donors (Lipinski definition) is 2.